The Morgan fingerprint density at radius 3 is 2.22 bits per heavy atom. The molecule has 0 saturated carbocycles. The number of amides is 1. The molecule has 0 aliphatic rings. The number of para-hydroxylation sites is 1. The molecular weight excluding hydrogens is 304 g/mol. The highest BCUT2D eigenvalue weighted by Gasteiger charge is 1.99. The van der Waals surface area contributed by atoms with E-state index < -0.39 is 0 Å². The van der Waals surface area contributed by atoms with Gasteiger partial charge in [0.05, 0.1) is 0 Å². The van der Waals surface area contributed by atoms with Crippen molar-refractivity contribution in [2.75, 3.05) is 10.6 Å². The van der Waals surface area contributed by atoms with Crippen molar-refractivity contribution in [2.24, 2.45) is 0 Å². The molecule has 0 unspecified atom stereocenters. The predicted molar refractivity (Wildman–Crippen MR) is 98.1 cm³/mol. The van der Waals surface area contributed by atoms with Crippen LogP contribution < -0.4 is 10.6 Å². The third-order valence-electron chi connectivity index (χ3n) is 3.16. The molecule has 1 amide bonds. The summed E-state index contributed by atoms with van der Waals surface area (Å²) in [5.74, 6) is -0.137. The molecule has 1 aromatic heterocycles. The summed E-state index contributed by atoms with van der Waals surface area (Å²) in [6.07, 6.45) is 3.35. The van der Waals surface area contributed by atoms with Crippen LogP contribution in [0.25, 0.3) is 6.08 Å². The van der Waals surface area contributed by atoms with Gasteiger partial charge in [-0.1, -0.05) is 24.3 Å². The van der Waals surface area contributed by atoms with Crippen molar-refractivity contribution in [1.29, 1.82) is 0 Å². The molecule has 0 bridgehead atoms. The second-order valence-electron chi connectivity index (χ2n) is 4.91. The fraction of sp³-hybridized carbons (Fsp3) is 0. The van der Waals surface area contributed by atoms with Crippen LogP contribution in [-0.4, -0.2) is 5.91 Å². The van der Waals surface area contributed by atoms with E-state index in [-0.39, 0.29) is 5.91 Å². The van der Waals surface area contributed by atoms with Crippen LogP contribution in [-0.2, 0) is 4.79 Å². The van der Waals surface area contributed by atoms with E-state index in [1.165, 1.54) is 0 Å². The predicted octanol–water partition coefficient (Wildman–Crippen LogP) is 5.14. The van der Waals surface area contributed by atoms with Crippen molar-refractivity contribution in [3.05, 3.63) is 83.1 Å². The fourth-order valence-electron chi connectivity index (χ4n) is 2.05. The molecule has 3 aromatic rings. The number of anilines is 3. The number of carbonyl (C=O) groups excluding carboxylic acids is 1. The van der Waals surface area contributed by atoms with Crippen molar-refractivity contribution in [1.82, 2.24) is 0 Å². The van der Waals surface area contributed by atoms with Gasteiger partial charge in [0, 0.05) is 28.0 Å². The summed E-state index contributed by atoms with van der Waals surface area (Å²) in [7, 11) is 0. The van der Waals surface area contributed by atoms with Crippen LogP contribution >= 0.6 is 11.3 Å². The third-order valence-corrected chi connectivity index (χ3v) is 3.99. The molecule has 0 atom stereocenters. The van der Waals surface area contributed by atoms with E-state index in [0.29, 0.717) is 0 Å². The van der Waals surface area contributed by atoms with Crippen LogP contribution in [0.3, 0.4) is 0 Å². The summed E-state index contributed by atoms with van der Waals surface area (Å²) in [6.45, 7) is 0. The number of carbonyl (C=O) groups is 1. The zero-order valence-electron chi connectivity index (χ0n) is 12.4. The van der Waals surface area contributed by atoms with Gasteiger partial charge in [-0.25, -0.2) is 0 Å². The Bertz CT molecular complexity index is 778. The fourth-order valence-corrected chi connectivity index (χ4v) is 2.67. The highest BCUT2D eigenvalue weighted by molar-refractivity contribution is 7.10. The Balaban J connectivity index is 1.58. The summed E-state index contributed by atoms with van der Waals surface area (Å²) >= 11 is 1.60. The van der Waals surface area contributed by atoms with Gasteiger partial charge >= 0.3 is 0 Å². The maximum atomic E-state index is 11.9. The lowest BCUT2D eigenvalue weighted by atomic mass is 10.2. The highest BCUT2D eigenvalue weighted by atomic mass is 32.1. The number of benzene rings is 2. The number of rotatable bonds is 5. The summed E-state index contributed by atoms with van der Waals surface area (Å²) in [5, 5.41) is 8.13. The highest BCUT2D eigenvalue weighted by Crippen LogP contribution is 2.18. The van der Waals surface area contributed by atoms with E-state index in [4.69, 9.17) is 0 Å². The Hall–Kier alpha value is -2.85. The molecule has 0 spiro atoms. The van der Waals surface area contributed by atoms with Gasteiger partial charge in [-0.3, -0.25) is 4.79 Å². The maximum absolute atomic E-state index is 11.9. The van der Waals surface area contributed by atoms with Crippen molar-refractivity contribution in [2.45, 2.75) is 0 Å². The summed E-state index contributed by atoms with van der Waals surface area (Å²) < 4.78 is 0. The van der Waals surface area contributed by atoms with Gasteiger partial charge in [0.15, 0.2) is 0 Å². The second-order valence-corrected chi connectivity index (χ2v) is 5.89. The molecule has 3 nitrogen and oxygen atoms in total. The average Bonchev–Trinajstić information content (AvgIpc) is 3.09. The van der Waals surface area contributed by atoms with Gasteiger partial charge in [0.2, 0.25) is 5.91 Å². The van der Waals surface area contributed by atoms with Crippen LogP contribution in [0.4, 0.5) is 17.1 Å². The van der Waals surface area contributed by atoms with E-state index in [0.717, 1.165) is 21.9 Å². The van der Waals surface area contributed by atoms with Gasteiger partial charge < -0.3 is 10.6 Å². The minimum atomic E-state index is -0.137. The van der Waals surface area contributed by atoms with Crippen LogP contribution in [0, 0.1) is 0 Å². The first-order valence-corrected chi connectivity index (χ1v) is 8.12. The summed E-state index contributed by atoms with van der Waals surface area (Å²) in [6, 6.07) is 21.5. The minimum absolute atomic E-state index is 0.137. The summed E-state index contributed by atoms with van der Waals surface area (Å²) in [4.78, 5) is 12.9. The molecule has 0 radical (unpaired) electrons. The molecule has 0 saturated heterocycles. The quantitative estimate of drug-likeness (QED) is 0.639. The molecule has 2 aromatic carbocycles. The molecule has 2 N–H and O–H groups in total. The Morgan fingerprint density at radius 2 is 1.52 bits per heavy atom. The van der Waals surface area contributed by atoms with E-state index in [2.05, 4.69) is 10.6 Å². The molecule has 114 valence electrons. The lowest BCUT2D eigenvalue weighted by Gasteiger charge is -2.07. The molecule has 4 heteroatoms. The van der Waals surface area contributed by atoms with Gasteiger partial charge in [0.1, 0.15) is 0 Å². The average molecular weight is 320 g/mol. The summed E-state index contributed by atoms with van der Waals surface area (Å²) in [5.41, 5.74) is 2.77. The van der Waals surface area contributed by atoms with Gasteiger partial charge in [-0.05, 0) is 53.9 Å². The molecule has 0 aliphatic heterocycles. The van der Waals surface area contributed by atoms with E-state index in [9.17, 15) is 4.79 Å². The lowest BCUT2D eigenvalue weighted by molar-refractivity contribution is -0.111. The largest absolute Gasteiger partial charge is 0.356 e. The van der Waals surface area contributed by atoms with Crippen molar-refractivity contribution in [3.63, 3.8) is 0 Å². The number of hydrogen-bond acceptors (Lipinski definition) is 3. The van der Waals surface area contributed by atoms with Crippen LogP contribution in [0.2, 0.25) is 0 Å². The van der Waals surface area contributed by atoms with Crippen molar-refractivity contribution in [3.8, 4) is 0 Å². The topological polar surface area (TPSA) is 41.1 Å². The first-order valence-electron chi connectivity index (χ1n) is 7.24. The third kappa shape index (κ3) is 4.56. The first-order chi connectivity index (χ1) is 11.3. The molecule has 0 aliphatic carbocycles. The first kappa shape index (κ1) is 15.1. The van der Waals surface area contributed by atoms with Crippen molar-refractivity contribution >= 4 is 40.4 Å². The monoisotopic (exact) mass is 320 g/mol. The van der Waals surface area contributed by atoms with Gasteiger partial charge in [0.25, 0.3) is 0 Å². The number of hydrogen-bond donors (Lipinski definition) is 2. The van der Waals surface area contributed by atoms with E-state index >= 15 is 0 Å². The molecule has 3 rings (SSSR count). The molecule has 1 heterocycles. The Labute approximate surface area is 139 Å². The molecule has 0 fully saturated rings. The number of thiophene rings is 1. The molecule has 23 heavy (non-hydrogen) atoms. The zero-order valence-corrected chi connectivity index (χ0v) is 13.2. The van der Waals surface area contributed by atoms with Crippen LogP contribution in [0.5, 0.6) is 0 Å². The van der Waals surface area contributed by atoms with E-state index in [1.807, 2.05) is 78.2 Å². The van der Waals surface area contributed by atoms with Crippen LogP contribution in [0.1, 0.15) is 4.88 Å². The van der Waals surface area contributed by atoms with Crippen molar-refractivity contribution < 1.29 is 4.79 Å². The zero-order chi connectivity index (χ0) is 15.9. The number of nitrogens with one attached hydrogen (secondary N) is 2. The second kappa shape index (κ2) is 7.42. The standard InChI is InChI=1S/C19H16N2OS/c22-19(13-12-18-7-4-14-23-18)21-17-10-8-16(9-11-17)20-15-5-2-1-3-6-15/h1-14,20H,(H,21,22). The van der Waals surface area contributed by atoms with Crippen LogP contribution in [0.15, 0.2) is 78.2 Å². The lowest BCUT2D eigenvalue weighted by Crippen LogP contribution is -2.07. The Kier molecular flexibility index (Phi) is 4.86. The minimum Gasteiger partial charge on any atom is -0.356 e. The van der Waals surface area contributed by atoms with Gasteiger partial charge in [-0.2, -0.15) is 0 Å². The molecular formula is C19H16N2OS. The van der Waals surface area contributed by atoms with Gasteiger partial charge in [-0.15, -0.1) is 11.3 Å². The van der Waals surface area contributed by atoms with E-state index in [1.54, 1.807) is 17.4 Å². The SMILES string of the molecule is O=C(C=Cc1cccs1)Nc1ccc(Nc2ccccc2)cc1. The smallest absolute Gasteiger partial charge is 0.248 e. The maximum Gasteiger partial charge on any atom is 0.248 e. The Morgan fingerprint density at radius 1 is 0.826 bits per heavy atom. The normalized spacial score (nSPS) is 10.6.